The van der Waals surface area contributed by atoms with Crippen molar-refractivity contribution in [2.45, 2.75) is 183 Å². The number of carbonyl (C=O) groups is 1. The fourth-order valence-corrected chi connectivity index (χ4v) is 10.5. The molecule has 0 bridgehead atoms. The molecule has 4 aliphatic rings. The summed E-state index contributed by atoms with van der Waals surface area (Å²) in [5, 5.41) is 0. The third-order valence-corrected chi connectivity index (χ3v) is 13.8. The van der Waals surface area contributed by atoms with Crippen molar-refractivity contribution in [1.29, 1.82) is 0 Å². The van der Waals surface area contributed by atoms with E-state index in [1.807, 2.05) is 0 Å². The number of rotatable bonds is 17. The monoisotopic (exact) mass is 609 g/mol. The van der Waals surface area contributed by atoms with Crippen molar-refractivity contribution in [3.05, 3.63) is 23.8 Å². The van der Waals surface area contributed by atoms with E-state index in [9.17, 15) is 4.79 Å². The SMILES string of the molecule is CCCCCCCCCCCCCC(=O)OC1CCC2(C)C(=CCC3C2CCC2(C)C(C(C)/C=C/C(C)C(C)C)CCC32)C1. The van der Waals surface area contributed by atoms with Crippen LogP contribution in [0.5, 0.6) is 0 Å². The predicted octanol–water partition coefficient (Wildman–Crippen LogP) is 12.7. The van der Waals surface area contributed by atoms with Gasteiger partial charge >= 0.3 is 5.97 Å². The van der Waals surface area contributed by atoms with Gasteiger partial charge < -0.3 is 4.74 Å². The van der Waals surface area contributed by atoms with Gasteiger partial charge in [0.15, 0.2) is 0 Å². The van der Waals surface area contributed by atoms with Crippen LogP contribution in [0.3, 0.4) is 0 Å². The first kappa shape index (κ1) is 35.8. The summed E-state index contributed by atoms with van der Waals surface area (Å²) in [5.74, 6) is 5.50. The summed E-state index contributed by atoms with van der Waals surface area (Å²) < 4.78 is 6.11. The van der Waals surface area contributed by atoms with E-state index in [4.69, 9.17) is 4.74 Å². The van der Waals surface area contributed by atoms with Gasteiger partial charge in [0.2, 0.25) is 0 Å². The minimum absolute atomic E-state index is 0.0557. The highest BCUT2D eigenvalue weighted by Crippen LogP contribution is 2.67. The number of hydrogen-bond acceptors (Lipinski definition) is 2. The fourth-order valence-electron chi connectivity index (χ4n) is 10.5. The molecule has 4 rings (SSSR count). The second kappa shape index (κ2) is 16.7. The lowest BCUT2D eigenvalue weighted by atomic mass is 9.47. The molecule has 9 atom stereocenters. The molecule has 0 amide bonds. The van der Waals surface area contributed by atoms with Crippen LogP contribution in [0.25, 0.3) is 0 Å². The lowest BCUT2D eigenvalue weighted by Gasteiger charge is -2.58. The number of esters is 1. The van der Waals surface area contributed by atoms with Crippen LogP contribution in [0.15, 0.2) is 23.8 Å². The zero-order valence-electron chi connectivity index (χ0n) is 30.3. The summed E-state index contributed by atoms with van der Waals surface area (Å²) in [6.07, 6.45) is 33.1. The van der Waals surface area contributed by atoms with Crippen LogP contribution in [0, 0.1) is 52.3 Å². The summed E-state index contributed by atoms with van der Waals surface area (Å²) in [5.41, 5.74) is 2.45. The molecule has 0 N–H and O–H groups in total. The Morgan fingerprint density at radius 2 is 1.50 bits per heavy atom. The van der Waals surface area contributed by atoms with Crippen molar-refractivity contribution >= 4 is 5.97 Å². The normalized spacial score (nSPS) is 34.7. The zero-order chi connectivity index (χ0) is 31.7. The molecule has 44 heavy (non-hydrogen) atoms. The first-order valence-electron chi connectivity index (χ1n) is 19.7. The lowest BCUT2D eigenvalue weighted by Crippen LogP contribution is -2.51. The summed E-state index contributed by atoms with van der Waals surface area (Å²) in [7, 11) is 0. The second-order valence-corrected chi connectivity index (χ2v) is 17.0. The van der Waals surface area contributed by atoms with Crippen LogP contribution in [-0.2, 0) is 9.53 Å². The molecule has 0 saturated heterocycles. The average molecular weight is 609 g/mol. The van der Waals surface area contributed by atoms with Gasteiger partial charge in [-0.2, -0.15) is 0 Å². The van der Waals surface area contributed by atoms with E-state index in [0.29, 0.717) is 29.1 Å². The number of fused-ring (bicyclic) bond motifs is 5. The molecule has 4 aliphatic carbocycles. The molecule has 9 unspecified atom stereocenters. The van der Waals surface area contributed by atoms with E-state index in [-0.39, 0.29) is 12.1 Å². The molecule has 2 nitrogen and oxygen atoms in total. The Labute approximate surface area is 274 Å². The van der Waals surface area contributed by atoms with Gasteiger partial charge in [-0.15, -0.1) is 0 Å². The minimum Gasteiger partial charge on any atom is -0.462 e. The molecule has 2 heteroatoms. The Kier molecular flexibility index (Phi) is 13.6. The van der Waals surface area contributed by atoms with Gasteiger partial charge in [0.1, 0.15) is 6.10 Å². The van der Waals surface area contributed by atoms with E-state index in [1.165, 1.54) is 103 Å². The molecule has 3 fully saturated rings. The molecule has 0 radical (unpaired) electrons. The zero-order valence-corrected chi connectivity index (χ0v) is 30.3. The molecule has 0 aromatic rings. The van der Waals surface area contributed by atoms with Crippen LogP contribution in [0.2, 0.25) is 0 Å². The van der Waals surface area contributed by atoms with Crippen LogP contribution >= 0.6 is 0 Å². The van der Waals surface area contributed by atoms with Gasteiger partial charge in [0.05, 0.1) is 0 Å². The Balaban J connectivity index is 1.21. The Hall–Kier alpha value is -1.05. The summed E-state index contributed by atoms with van der Waals surface area (Å²) in [6, 6.07) is 0. The molecular formula is C42H72O2. The van der Waals surface area contributed by atoms with Crippen LogP contribution < -0.4 is 0 Å². The predicted molar refractivity (Wildman–Crippen MR) is 188 cm³/mol. The quantitative estimate of drug-likeness (QED) is 0.0932. The Bertz CT molecular complexity index is 945. The summed E-state index contributed by atoms with van der Waals surface area (Å²) in [4.78, 5) is 12.8. The highest BCUT2D eigenvalue weighted by Gasteiger charge is 2.59. The number of carbonyl (C=O) groups excluding carboxylic acids is 1. The van der Waals surface area contributed by atoms with E-state index < -0.39 is 0 Å². The minimum atomic E-state index is 0.0557. The summed E-state index contributed by atoms with van der Waals surface area (Å²) >= 11 is 0. The summed E-state index contributed by atoms with van der Waals surface area (Å²) in [6.45, 7) is 17.1. The van der Waals surface area contributed by atoms with Crippen molar-refractivity contribution in [3.8, 4) is 0 Å². The van der Waals surface area contributed by atoms with Gasteiger partial charge in [0.25, 0.3) is 0 Å². The molecule has 0 aromatic heterocycles. The van der Waals surface area contributed by atoms with E-state index >= 15 is 0 Å². The highest BCUT2D eigenvalue weighted by molar-refractivity contribution is 5.69. The lowest BCUT2D eigenvalue weighted by molar-refractivity contribution is -0.151. The van der Waals surface area contributed by atoms with E-state index in [2.05, 4.69) is 66.7 Å². The van der Waals surface area contributed by atoms with E-state index in [1.54, 1.807) is 5.57 Å². The smallest absolute Gasteiger partial charge is 0.306 e. The maximum atomic E-state index is 12.8. The topological polar surface area (TPSA) is 26.3 Å². The van der Waals surface area contributed by atoms with Crippen LogP contribution in [0.1, 0.15) is 177 Å². The molecule has 0 aliphatic heterocycles. The maximum absolute atomic E-state index is 12.8. The fraction of sp³-hybridized carbons (Fsp3) is 0.881. The number of allylic oxidation sites excluding steroid dienone is 3. The highest BCUT2D eigenvalue weighted by atomic mass is 16.5. The van der Waals surface area contributed by atoms with Gasteiger partial charge in [-0.05, 0) is 104 Å². The molecule has 0 spiro atoms. The van der Waals surface area contributed by atoms with Gasteiger partial charge in [-0.25, -0.2) is 0 Å². The third kappa shape index (κ3) is 8.64. The molecular weight excluding hydrogens is 536 g/mol. The standard InChI is InChI=1S/C42H72O2/c1-8-9-10-11-12-13-14-15-16-17-18-19-40(43)44-35-26-28-41(6)34(30-35)22-23-36-38-25-24-37(42(38,7)29-27-39(36)41)33(5)21-20-32(4)31(2)3/h20-22,31-33,35-39H,8-19,23-30H2,1-7H3/b21-20+. The van der Waals surface area contributed by atoms with Crippen molar-refractivity contribution in [1.82, 2.24) is 0 Å². The van der Waals surface area contributed by atoms with Crippen LogP contribution in [-0.4, -0.2) is 12.1 Å². The maximum Gasteiger partial charge on any atom is 0.306 e. The molecule has 3 saturated carbocycles. The largest absolute Gasteiger partial charge is 0.462 e. The second-order valence-electron chi connectivity index (χ2n) is 17.0. The third-order valence-electron chi connectivity index (χ3n) is 13.8. The van der Waals surface area contributed by atoms with Gasteiger partial charge in [-0.1, -0.05) is 136 Å². The number of ether oxygens (including phenoxy) is 1. The van der Waals surface area contributed by atoms with E-state index in [0.717, 1.165) is 48.9 Å². The van der Waals surface area contributed by atoms with Crippen molar-refractivity contribution in [2.75, 3.05) is 0 Å². The van der Waals surface area contributed by atoms with Gasteiger partial charge in [-0.3, -0.25) is 4.79 Å². The first-order valence-corrected chi connectivity index (χ1v) is 19.7. The molecule has 0 heterocycles. The van der Waals surface area contributed by atoms with Crippen molar-refractivity contribution in [2.24, 2.45) is 52.3 Å². The van der Waals surface area contributed by atoms with Gasteiger partial charge in [0, 0.05) is 12.8 Å². The first-order chi connectivity index (χ1) is 21.1. The Morgan fingerprint density at radius 1 is 0.841 bits per heavy atom. The number of unbranched alkanes of at least 4 members (excludes halogenated alkanes) is 10. The molecule has 252 valence electrons. The molecule has 0 aromatic carbocycles. The average Bonchev–Trinajstić information content (AvgIpc) is 3.36. The van der Waals surface area contributed by atoms with Crippen molar-refractivity contribution in [3.63, 3.8) is 0 Å². The van der Waals surface area contributed by atoms with Crippen LogP contribution in [0.4, 0.5) is 0 Å². The van der Waals surface area contributed by atoms with Crippen molar-refractivity contribution < 1.29 is 9.53 Å². The Morgan fingerprint density at radius 3 is 2.16 bits per heavy atom. The number of hydrogen-bond donors (Lipinski definition) is 0.